The molecule has 3 heterocycles. The molecule has 0 aliphatic rings. The second-order valence-corrected chi connectivity index (χ2v) is 6.30. The van der Waals surface area contributed by atoms with Crippen molar-refractivity contribution in [3.8, 4) is 10.6 Å². The fourth-order valence-electron chi connectivity index (χ4n) is 1.50. The lowest BCUT2D eigenvalue weighted by molar-refractivity contribution is 0.0474. The topological polar surface area (TPSA) is 39.2 Å². The maximum Gasteiger partial charge on any atom is 0.348 e. The number of rotatable bonds is 4. The van der Waals surface area contributed by atoms with E-state index < -0.39 is 0 Å². The quantitative estimate of drug-likeness (QED) is 0.675. The Hall–Kier alpha value is -1.50. The van der Waals surface area contributed by atoms with Crippen LogP contribution < -0.4 is 0 Å². The molecule has 0 N–H and O–H groups in total. The molecular formula is C13H9NO2S3. The first-order valence-electron chi connectivity index (χ1n) is 5.50. The molecule has 0 aliphatic heterocycles. The number of hydrogen-bond donors (Lipinski definition) is 0. The number of thiophene rings is 2. The summed E-state index contributed by atoms with van der Waals surface area (Å²) in [6, 6.07) is 5.62. The lowest BCUT2D eigenvalue weighted by atomic mass is 10.4. The van der Waals surface area contributed by atoms with Gasteiger partial charge in [0, 0.05) is 16.3 Å². The van der Waals surface area contributed by atoms with Crippen molar-refractivity contribution in [2.24, 2.45) is 0 Å². The third-order valence-electron chi connectivity index (χ3n) is 2.39. The minimum absolute atomic E-state index is 0.220. The Kier molecular flexibility index (Phi) is 3.72. The van der Waals surface area contributed by atoms with E-state index in [1.807, 2.05) is 28.3 Å². The number of nitrogens with zero attached hydrogens (tertiary/aromatic N) is 1. The monoisotopic (exact) mass is 307 g/mol. The van der Waals surface area contributed by atoms with Crippen molar-refractivity contribution in [3.63, 3.8) is 0 Å². The average Bonchev–Trinajstić information content (AvgIpc) is 3.14. The van der Waals surface area contributed by atoms with Crippen LogP contribution in [0.25, 0.3) is 10.6 Å². The number of carbonyl (C=O) groups is 1. The standard InChI is InChI=1S/C13H9NO2S3/c15-13(11-2-1-4-18-11)16-6-10-8-19-12(14-10)9-3-5-17-7-9/h1-5,7-8H,6H2. The third-order valence-corrected chi connectivity index (χ3v) is 4.87. The Morgan fingerprint density at radius 2 is 2.16 bits per heavy atom. The Bertz CT molecular complexity index is 656. The van der Waals surface area contributed by atoms with Crippen LogP contribution in [-0.4, -0.2) is 11.0 Å². The molecule has 0 radical (unpaired) electrons. The number of aromatic nitrogens is 1. The predicted octanol–water partition coefficient (Wildman–Crippen LogP) is 4.29. The van der Waals surface area contributed by atoms with Crippen LogP contribution in [0, 0.1) is 0 Å². The van der Waals surface area contributed by atoms with Gasteiger partial charge in [-0.2, -0.15) is 11.3 Å². The van der Waals surface area contributed by atoms with Gasteiger partial charge in [-0.05, 0) is 22.9 Å². The molecule has 3 rings (SSSR count). The van der Waals surface area contributed by atoms with Gasteiger partial charge in [-0.1, -0.05) is 6.07 Å². The minimum Gasteiger partial charge on any atom is -0.455 e. The second-order valence-electron chi connectivity index (χ2n) is 3.71. The van der Waals surface area contributed by atoms with Gasteiger partial charge in [-0.3, -0.25) is 0 Å². The van der Waals surface area contributed by atoms with Gasteiger partial charge in [0.25, 0.3) is 0 Å². The van der Waals surface area contributed by atoms with E-state index in [0.29, 0.717) is 4.88 Å². The van der Waals surface area contributed by atoms with E-state index in [0.717, 1.165) is 16.3 Å². The van der Waals surface area contributed by atoms with Crippen molar-refractivity contribution in [1.29, 1.82) is 0 Å². The van der Waals surface area contributed by atoms with E-state index in [1.165, 1.54) is 11.3 Å². The summed E-state index contributed by atoms with van der Waals surface area (Å²) >= 11 is 4.58. The molecule has 0 saturated heterocycles. The molecule has 3 aromatic rings. The van der Waals surface area contributed by atoms with Gasteiger partial charge >= 0.3 is 5.97 Å². The van der Waals surface area contributed by atoms with Crippen LogP contribution in [0.5, 0.6) is 0 Å². The highest BCUT2D eigenvalue weighted by Gasteiger charge is 2.10. The SMILES string of the molecule is O=C(OCc1csc(-c2ccsc2)n1)c1cccs1. The molecule has 6 heteroatoms. The van der Waals surface area contributed by atoms with Crippen LogP contribution in [0.1, 0.15) is 15.4 Å². The molecule has 19 heavy (non-hydrogen) atoms. The molecule has 0 atom stereocenters. The van der Waals surface area contributed by atoms with Crippen molar-refractivity contribution < 1.29 is 9.53 Å². The van der Waals surface area contributed by atoms with Crippen molar-refractivity contribution in [1.82, 2.24) is 4.98 Å². The summed E-state index contributed by atoms with van der Waals surface area (Å²) < 4.78 is 5.22. The van der Waals surface area contributed by atoms with E-state index in [9.17, 15) is 4.79 Å². The van der Waals surface area contributed by atoms with E-state index in [-0.39, 0.29) is 12.6 Å². The summed E-state index contributed by atoms with van der Waals surface area (Å²) in [7, 11) is 0. The molecule has 3 aromatic heterocycles. The number of thiazole rings is 1. The van der Waals surface area contributed by atoms with Gasteiger partial charge in [0.15, 0.2) is 0 Å². The fraction of sp³-hybridized carbons (Fsp3) is 0.0769. The lowest BCUT2D eigenvalue weighted by Gasteiger charge is -1.99. The Morgan fingerprint density at radius 1 is 1.21 bits per heavy atom. The highest BCUT2D eigenvalue weighted by atomic mass is 32.1. The molecule has 0 fully saturated rings. The normalized spacial score (nSPS) is 10.5. The summed E-state index contributed by atoms with van der Waals surface area (Å²) in [5.74, 6) is -0.292. The van der Waals surface area contributed by atoms with Gasteiger partial charge < -0.3 is 4.74 Å². The minimum atomic E-state index is -0.292. The Morgan fingerprint density at radius 3 is 2.89 bits per heavy atom. The van der Waals surface area contributed by atoms with Crippen LogP contribution in [-0.2, 0) is 11.3 Å². The molecule has 0 aromatic carbocycles. The van der Waals surface area contributed by atoms with Gasteiger partial charge in [0.2, 0.25) is 0 Å². The zero-order valence-corrected chi connectivity index (χ0v) is 12.2. The zero-order chi connectivity index (χ0) is 13.1. The molecule has 0 saturated carbocycles. The highest BCUT2D eigenvalue weighted by Crippen LogP contribution is 2.26. The number of ether oxygens (including phenoxy) is 1. The first-order valence-corrected chi connectivity index (χ1v) is 8.21. The first kappa shape index (κ1) is 12.5. The van der Waals surface area contributed by atoms with Gasteiger partial charge in [-0.15, -0.1) is 22.7 Å². The fourth-order valence-corrected chi connectivity index (χ4v) is 3.63. The van der Waals surface area contributed by atoms with Crippen LogP contribution in [0.2, 0.25) is 0 Å². The Balaban J connectivity index is 1.63. The second kappa shape index (κ2) is 5.64. The smallest absolute Gasteiger partial charge is 0.348 e. The molecule has 96 valence electrons. The summed E-state index contributed by atoms with van der Waals surface area (Å²) in [6.45, 7) is 0.220. The molecule has 3 nitrogen and oxygen atoms in total. The van der Waals surface area contributed by atoms with Gasteiger partial charge in [0.1, 0.15) is 16.5 Å². The molecule has 0 spiro atoms. The van der Waals surface area contributed by atoms with E-state index in [2.05, 4.69) is 10.4 Å². The van der Waals surface area contributed by atoms with E-state index >= 15 is 0 Å². The van der Waals surface area contributed by atoms with Gasteiger partial charge in [-0.25, -0.2) is 9.78 Å². The van der Waals surface area contributed by atoms with Crippen molar-refractivity contribution >= 4 is 40.0 Å². The van der Waals surface area contributed by atoms with E-state index in [1.54, 1.807) is 28.7 Å². The summed E-state index contributed by atoms with van der Waals surface area (Å²) in [6.07, 6.45) is 0. The van der Waals surface area contributed by atoms with E-state index in [4.69, 9.17) is 4.74 Å². The number of esters is 1. The molecular weight excluding hydrogens is 298 g/mol. The third kappa shape index (κ3) is 2.91. The first-order chi connectivity index (χ1) is 9.33. The van der Waals surface area contributed by atoms with Crippen molar-refractivity contribution in [3.05, 3.63) is 50.3 Å². The predicted molar refractivity (Wildman–Crippen MR) is 78.9 cm³/mol. The zero-order valence-electron chi connectivity index (χ0n) is 9.74. The van der Waals surface area contributed by atoms with Crippen LogP contribution in [0.4, 0.5) is 0 Å². The molecule has 0 amide bonds. The van der Waals surface area contributed by atoms with Crippen LogP contribution >= 0.6 is 34.0 Å². The summed E-state index contributed by atoms with van der Waals surface area (Å²) in [4.78, 5) is 16.8. The number of carbonyl (C=O) groups excluding carboxylic acids is 1. The van der Waals surface area contributed by atoms with Gasteiger partial charge in [0.05, 0.1) is 5.69 Å². The molecule has 0 aliphatic carbocycles. The Labute approximate surface area is 122 Å². The lowest BCUT2D eigenvalue weighted by Crippen LogP contribution is -2.03. The van der Waals surface area contributed by atoms with Crippen molar-refractivity contribution in [2.75, 3.05) is 0 Å². The average molecular weight is 307 g/mol. The maximum atomic E-state index is 11.7. The van der Waals surface area contributed by atoms with Crippen LogP contribution in [0.3, 0.4) is 0 Å². The molecule has 0 unspecified atom stereocenters. The molecule has 0 bridgehead atoms. The summed E-state index contributed by atoms with van der Waals surface area (Å²) in [5.41, 5.74) is 1.90. The summed E-state index contributed by atoms with van der Waals surface area (Å²) in [5, 5.41) is 8.82. The van der Waals surface area contributed by atoms with Crippen molar-refractivity contribution in [2.45, 2.75) is 6.61 Å². The van der Waals surface area contributed by atoms with Crippen LogP contribution in [0.15, 0.2) is 39.7 Å². The number of hydrogen-bond acceptors (Lipinski definition) is 6. The largest absolute Gasteiger partial charge is 0.455 e. The highest BCUT2D eigenvalue weighted by molar-refractivity contribution is 7.14. The maximum absolute atomic E-state index is 11.7.